The van der Waals surface area contributed by atoms with Crippen molar-refractivity contribution in [2.45, 2.75) is 50.5 Å². The lowest BCUT2D eigenvalue weighted by atomic mass is 10.1. The van der Waals surface area contributed by atoms with E-state index in [9.17, 15) is 27.6 Å². The summed E-state index contributed by atoms with van der Waals surface area (Å²) in [5.41, 5.74) is 9.18. The van der Waals surface area contributed by atoms with Gasteiger partial charge in [-0.2, -0.15) is 23.4 Å². The molecule has 49 heavy (non-hydrogen) atoms. The first-order valence-electron chi connectivity index (χ1n) is 15.5. The second kappa shape index (κ2) is 15.5. The minimum atomic E-state index is -4.66. The zero-order valence-electron chi connectivity index (χ0n) is 26.2. The van der Waals surface area contributed by atoms with Gasteiger partial charge in [0.2, 0.25) is 0 Å². The maximum absolute atomic E-state index is 13.4. The number of carbonyl (C=O) groups excluding carboxylic acids is 2. The number of nitrogens with zero attached hydrogens (tertiary/aromatic N) is 5. The predicted molar refractivity (Wildman–Crippen MR) is 178 cm³/mol. The summed E-state index contributed by atoms with van der Waals surface area (Å²) >= 11 is 5.70. The molecule has 2 atom stereocenters. The van der Waals surface area contributed by atoms with Crippen LogP contribution < -0.4 is 21.4 Å². The number of nitrogens with two attached hydrogens (primary N) is 1. The quantitative estimate of drug-likeness (QED) is 0.147. The molecule has 5 rings (SSSR count). The van der Waals surface area contributed by atoms with Gasteiger partial charge in [-0.25, -0.2) is 5.43 Å². The molecule has 3 aromatic rings. The van der Waals surface area contributed by atoms with Crippen LogP contribution in [0.4, 0.5) is 24.5 Å². The van der Waals surface area contributed by atoms with E-state index in [1.54, 1.807) is 35.3 Å². The Kier molecular flexibility index (Phi) is 11.1. The van der Waals surface area contributed by atoms with E-state index >= 15 is 0 Å². The Bertz CT molecular complexity index is 1760. The van der Waals surface area contributed by atoms with E-state index in [2.05, 4.69) is 31.1 Å². The number of alkyl halides is 3. The van der Waals surface area contributed by atoms with Crippen LogP contribution in [0.25, 0.3) is 0 Å². The van der Waals surface area contributed by atoms with Crippen LogP contribution in [-0.4, -0.2) is 65.8 Å². The minimum absolute atomic E-state index is 0.0715. The summed E-state index contributed by atoms with van der Waals surface area (Å²) in [7, 11) is 0. The van der Waals surface area contributed by atoms with Crippen LogP contribution in [0.2, 0.25) is 5.02 Å². The summed E-state index contributed by atoms with van der Waals surface area (Å²) in [5, 5.41) is 25.1. The molecule has 5 N–H and O–H groups in total. The van der Waals surface area contributed by atoms with Crippen LogP contribution in [0.15, 0.2) is 76.1 Å². The van der Waals surface area contributed by atoms with E-state index in [0.29, 0.717) is 18.7 Å². The number of benzene rings is 3. The molecule has 1 saturated heterocycles. The average molecular weight is 699 g/mol. The van der Waals surface area contributed by atoms with Crippen LogP contribution in [0.3, 0.4) is 0 Å². The standard InChI is InChI=1S/C33H34ClF3N8O4/c34-27-9-7-20(14-26(27)33(35,36)37)17-39-42-31(47)25-16-24(44-11-2-1-3-12-44)8-10-29(25)40-30(46)22-6-4-5-21(13-22)18-45-19-23(41-43-45)15-28(38)32(48)49/h4-10,13-14,16-17,23,28H,1-3,11-12,15,18-19,38H2,(H,40,46)(H,42,47)(H,48,49)/b39-17+. The predicted octanol–water partition coefficient (Wildman–Crippen LogP) is 5.72. The van der Waals surface area contributed by atoms with Gasteiger partial charge in [-0.3, -0.25) is 19.4 Å². The third-order valence-corrected chi connectivity index (χ3v) is 8.38. The minimum Gasteiger partial charge on any atom is -0.480 e. The summed E-state index contributed by atoms with van der Waals surface area (Å²) in [4.78, 5) is 40.0. The molecule has 2 aliphatic heterocycles. The zero-order valence-corrected chi connectivity index (χ0v) is 26.9. The van der Waals surface area contributed by atoms with Gasteiger partial charge in [0.05, 0.1) is 47.2 Å². The molecular weight excluding hydrogens is 665 g/mol. The van der Waals surface area contributed by atoms with Gasteiger partial charge in [0.15, 0.2) is 0 Å². The van der Waals surface area contributed by atoms with Crippen molar-refractivity contribution in [2.24, 2.45) is 21.2 Å². The molecule has 258 valence electrons. The van der Waals surface area contributed by atoms with Gasteiger partial charge in [0.1, 0.15) is 6.04 Å². The molecular formula is C33H34ClF3N8O4. The highest BCUT2D eigenvalue weighted by molar-refractivity contribution is 6.31. The number of rotatable bonds is 11. The second-order valence-electron chi connectivity index (χ2n) is 11.8. The first-order valence-corrected chi connectivity index (χ1v) is 15.9. The van der Waals surface area contributed by atoms with Crippen LogP contribution in [0.1, 0.15) is 63.1 Å². The highest BCUT2D eigenvalue weighted by atomic mass is 35.5. The second-order valence-corrected chi connectivity index (χ2v) is 12.2. The Labute approximate surface area is 284 Å². The Morgan fingerprint density at radius 1 is 1.06 bits per heavy atom. The van der Waals surface area contributed by atoms with Crippen molar-refractivity contribution in [3.8, 4) is 0 Å². The number of anilines is 2. The third-order valence-electron chi connectivity index (χ3n) is 8.05. The van der Waals surface area contributed by atoms with Crippen LogP contribution >= 0.6 is 11.6 Å². The summed E-state index contributed by atoms with van der Waals surface area (Å²) in [6.45, 7) is 2.31. The van der Waals surface area contributed by atoms with Crippen LogP contribution in [0.5, 0.6) is 0 Å². The van der Waals surface area contributed by atoms with E-state index in [-0.39, 0.29) is 29.3 Å². The number of amides is 2. The Morgan fingerprint density at radius 3 is 2.57 bits per heavy atom. The van der Waals surface area contributed by atoms with E-state index in [1.807, 2.05) is 12.1 Å². The topological polar surface area (TPSA) is 165 Å². The van der Waals surface area contributed by atoms with E-state index in [1.165, 1.54) is 6.07 Å². The first kappa shape index (κ1) is 35.3. The lowest BCUT2D eigenvalue weighted by Crippen LogP contribution is -2.35. The fourth-order valence-electron chi connectivity index (χ4n) is 5.53. The molecule has 16 heteroatoms. The van der Waals surface area contributed by atoms with Crippen molar-refractivity contribution >= 4 is 47.0 Å². The number of halogens is 4. The van der Waals surface area contributed by atoms with Crippen molar-refractivity contribution in [3.63, 3.8) is 0 Å². The normalized spacial score (nSPS) is 17.0. The number of piperidine rings is 1. The fraction of sp³-hybridized carbons (Fsp3) is 0.333. The van der Waals surface area contributed by atoms with Crippen molar-refractivity contribution in [1.29, 1.82) is 0 Å². The Morgan fingerprint density at radius 2 is 1.84 bits per heavy atom. The van der Waals surface area contributed by atoms with Gasteiger partial charge in [-0.15, -0.1) is 0 Å². The SMILES string of the molecule is NC(CC1CN(Cc2cccc(C(=O)Nc3ccc(N4CCCCC4)cc3C(=O)N/N=C/c3ccc(Cl)c(C(F)(F)F)c3)c2)N=N1)C(=O)O. The van der Waals surface area contributed by atoms with Crippen molar-refractivity contribution in [3.05, 3.63) is 93.5 Å². The molecule has 2 heterocycles. The lowest BCUT2D eigenvalue weighted by molar-refractivity contribution is -0.139. The molecule has 3 aromatic carbocycles. The molecule has 0 aliphatic carbocycles. The van der Waals surface area contributed by atoms with Crippen molar-refractivity contribution in [1.82, 2.24) is 10.4 Å². The zero-order chi connectivity index (χ0) is 35.1. The van der Waals surface area contributed by atoms with Gasteiger partial charge in [-0.1, -0.05) is 35.0 Å². The molecule has 0 radical (unpaired) electrons. The number of nitrogens with one attached hydrogen (secondary N) is 2. The molecule has 12 nitrogen and oxygen atoms in total. The van der Waals surface area contributed by atoms with Gasteiger partial charge >= 0.3 is 12.1 Å². The molecule has 0 aromatic heterocycles. The highest BCUT2D eigenvalue weighted by Crippen LogP contribution is 2.35. The number of hydrogen-bond donors (Lipinski definition) is 4. The number of carboxylic acid groups (broad SMARTS) is 1. The highest BCUT2D eigenvalue weighted by Gasteiger charge is 2.33. The van der Waals surface area contributed by atoms with Crippen LogP contribution in [-0.2, 0) is 17.5 Å². The summed E-state index contributed by atoms with van der Waals surface area (Å²) in [6.07, 6.45) is -0.341. The van der Waals surface area contributed by atoms with Crippen LogP contribution in [0, 0.1) is 0 Å². The molecule has 0 saturated carbocycles. The van der Waals surface area contributed by atoms with E-state index < -0.39 is 40.6 Å². The molecule has 0 bridgehead atoms. The summed E-state index contributed by atoms with van der Waals surface area (Å²) in [5.74, 6) is -2.28. The smallest absolute Gasteiger partial charge is 0.417 e. The first-order chi connectivity index (χ1) is 23.4. The molecule has 0 spiro atoms. The molecule has 2 aliphatic rings. The van der Waals surface area contributed by atoms with E-state index in [0.717, 1.165) is 62.0 Å². The maximum atomic E-state index is 13.4. The van der Waals surface area contributed by atoms with E-state index in [4.69, 9.17) is 22.4 Å². The maximum Gasteiger partial charge on any atom is 0.417 e. The average Bonchev–Trinajstić information content (AvgIpc) is 3.51. The number of hydrogen-bond acceptors (Lipinski definition) is 9. The lowest BCUT2D eigenvalue weighted by Gasteiger charge is -2.29. The van der Waals surface area contributed by atoms with Gasteiger partial charge in [-0.05, 0) is 79.3 Å². The monoisotopic (exact) mass is 698 g/mol. The number of carbonyl (C=O) groups is 3. The number of aliphatic carboxylic acids is 1. The van der Waals surface area contributed by atoms with Gasteiger partial charge < -0.3 is 21.1 Å². The number of carboxylic acids is 1. The fourth-order valence-corrected chi connectivity index (χ4v) is 5.76. The van der Waals surface area contributed by atoms with Gasteiger partial charge in [0.25, 0.3) is 11.8 Å². The molecule has 2 amide bonds. The van der Waals surface area contributed by atoms with Crippen molar-refractivity contribution in [2.75, 3.05) is 29.9 Å². The summed E-state index contributed by atoms with van der Waals surface area (Å²) < 4.78 is 39.8. The van der Waals surface area contributed by atoms with Crippen molar-refractivity contribution < 1.29 is 32.7 Å². The van der Waals surface area contributed by atoms with Gasteiger partial charge in [0, 0.05) is 24.3 Å². The summed E-state index contributed by atoms with van der Waals surface area (Å²) in [6, 6.07) is 13.8. The number of hydrazone groups is 1. The molecule has 1 fully saturated rings. The third kappa shape index (κ3) is 9.32. The Hall–Kier alpha value is -5.02. The Balaban J connectivity index is 1.30. The largest absolute Gasteiger partial charge is 0.480 e. The molecule has 2 unspecified atom stereocenters.